The van der Waals surface area contributed by atoms with Crippen molar-refractivity contribution in [3.05, 3.63) is 29.3 Å². The van der Waals surface area contributed by atoms with Gasteiger partial charge in [0.05, 0.1) is 0 Å². The third-order valence-electron chi connectivity index (χ3n) is 1.93. The summed E-state index contributed by atoms with van der Waals surface area (Å²) in [6.07, 6.45) is 1.55. The van der Waals surface area contributed by atoms with E-state index >= 15 is 0 Å². The monoisotopic (exact) mass is 194 g/mol. The van der Waals surface area contributed by atoms with Crippen LogP contribution in [0, 0.1) is 0 Å². The van der Waals surface area contributed by atoms with Crippen LogP contribution in [-0.2, 0) is 4.79 Å². The summed E-state index contributed by atoms with van der Waals surface area (Å²) < 4.78 is 0. The van der Waals surface area contributed by atoms with Gasteiger partial charge in [0, 0.05) is 16.4 Å². The van der Waals surface area contributed by atoms with E-state index in [1.165, 1.54) is 0 Å². The number of carbonyl (C=O) groups excluding carboxylic acids is 2. The van der Waals surface area contributed by atoms with E-state index < -0.39 is 0 Å². The average Bonchev–Trinajstić information content (AvgIpc) is 2.16. The molecule has 1 atom stereocenters. The maximum Gasteiger partial charge on any atom is 0.151 e. The van der Waals surface area contributed by atoms with E-state index in [-0.39, 0.29) is 5.92 Å². The summed E-state index contributed by atoms with van der Waals surface area (Å²) in [6.45, 7) is 1.75. The molecular weight excluding hydrogens is 184 g/mol. The van der Waals surface area contributed by atoms with Crippen molar-refractivity contribution in [1.29, 1.82) is 0 Å². The van der Waals surface area contributed by atoms with Crippen molar-refractivity contribution in [1.82, 2.24) is 0 Å². The van der Waals surface area contributed by atoms with Gasteiger partial charge in [0.2, 0.25) is 0 Å². The lowest BCUT2D eigenvalue weighted by molar-refractivity contribution is -0.108. The van der Waals surface area contributed by atoms with Gasteiger partial charge in [-0.15, -0.1) is 12.6 Å². The number of carbonyl (C=O) groups is 2. The molecule has 68 valence electrons. The van der Waals surface area contributed by atoms with Crippen molar-refractivity contribution in [3.8, 4) is 0 Å². The molecule has 0 saturated carbocycles. The fourth-order valence-electron chi connectivity index (χ4n) is 1.17. The highest BCUT2D eigenvalue weighted by atomic mass is 32.1. The van der Waals surface area contributed by atoms with Gasteiger partial charge >= 0.3 is 0 Å². The summed E-state index contributed by atoms with van der Waals surface area (Å²) in [7, 11) is 0. The zero-order valence-electron chi connectivity index (χ0n) is 7.23. The second kappa shape index (κ2) is 4.23. The van der Waals surface area contributed by atoms with Gasteiger partial charge < -0.3 is 4.79 Å². The minimum atomic E-state index is -0.257. The molecule has 0 aliphatic heterocycles. The highest BCUT2D eigenvalue weighted by Gasteiger charge is 2.10. The fourth-order valence-corrected chi connectivity index (χ4v) is 1.44. The van der Waals surface area contributed by atoms with Gasteiger partial charge in [0.15, 0.2) is 6.29 Å². The standard InChI is InChI=1S/C10H10O2S/c1-7(5-11)8-3-2-4-10(13)9(8)6-12/h2-7,13H,1H3. The van der Waals surface area contributed by atoms with Crippen LogP contribution >= 0.6 is 12.6 Å². The summed E-state index contributed by atoms with van der Waals surface area (Å²) in [5.41, 5.74) is 1.24. The molecule has 13 heavy (non-hydrogen) atoms. The van der Waals surface area contributed by atoms with Gasteiger partial charge in [-0.2, -0.15) is 0 Å². The number of rotatable bonds is 3. The van der Waals surface area contributed by atoms with E-state index in [1.807, 2.05) is 0 Å². The topological polar surface area (TPSA) is 34.1 Å². The number of hydrogen-bond acceptors (Lipinski definition) is 3. The zero-order valence-corrected chi connectivity index (χ0v) is 8.12. The Labute approximate surface area is 82.4 Å². The van der Waals surface area contributed by atoms with Crippen molar-refractivity contribution in [2.24, 2.45) is 0 Å². The molecule has 0 heterocycles. The number of hydrogen-bond donors (Lipinski definition) is 1. The molecular formula is C10H10O2S. The lowest BCUT2D eigenvalue weighted by Crippen LogP contribution is -2.00. The number of thiol groups is 1. The van der Waals surface area contributed by atoms with Crippen LogP contribution < -0.4 is 0 Å². The van der Waals surface area contributed by atoms with Crippen molar-refractivity contribution >= 4 is 25.2 Å². The molecule has 3 heteroatoms. The molecule has 0 N–H and O–H groups in total. The normalized spacial score (nSPS) is 12.2. The quantitative estimate of drug-likeness (QED) is 0.590. The third-order valence-corrected chi connectivity index (χ3v) is 2.32. The first-order valence-electron chi connectivity index (χ1n) is 3.93. The smallest absolute Gasteiger partial charge is 0.151 e. The molecule has 0 radical (unpaired) electrons. The first-order chi connectivity index (χ1) is 6.20. The highest BCUT2D eigenvalue weighted by molar-refractivity contribution is 7.80. The van der Waals surface area contributed by atoms with E-state index in [9.17, 15) is 9.59 Å². The van der Waals surface area contributed by atoms with E-state index in [4.69, 9.17) is 0 Å². The van der Waals surface area contributed by atoms with E-state index in [0.29, 0.717) is 10.5 Å². The molecule has 1 rings (SSSR count). The predicted molar refractivity (Wildman–Crippen MR) is 53.6 cm³/mol. The van der Waals surface area contributed by atoms with E-state index in [2.05, 4.69) is 12.6 Å². The summed E-state index contributed by atoms with van der Waals surface area (Å²) in [5.74, 6) is -0.257. The molecule has 1 aromatic carbocycles. The Morgan fingerprint density at radius 1 is 1.38 bits per heavy atom. The summed E-state index contributed by atoms with van der Waals surface area (Å²) in [6, 6.07) is 5.28. The van der Waals surface area contributed by atoms with E-state index in [0.717, 1.165) is 18.1 Å². The molecule has 0 fully saturated rings. The van der Waals surface area contributed by atoms with Gasteiger partial charge in [-0.25, -0.2) is 0 Å². The molecule has 1 aromatic rings. The lowest BCUT2D eigenvalue weighted by atomic mass is 9.97. The molecule has 0 aliphatic rings. The first kappa shape index (κ1) is 9.99. The molecule has 0 aliphatic carbocycles. The molecule has 0 amide bonds. The highest BCUT2D eigenvalue weighted by Crippen LogP contribution is 2.22. The Balaban J connectivity index is 3.27. The molecule has 2 nitrogen and oxygen atoms in total. The third kappa shape index (κ3) is 1.98. The van der Waals surface area contributed by atoms with Crippen molar-refractivity contribution in [2.75, 3.05) is 0 Å². The number of benzene rings is 1. The predicted octanol–water partition coefficient (Wildman–Crippen LogP) is 2.09. The Kier molecular flexibility index (Phi) is 3.25. The van der Waals surface area contributed by atoms with Gasteiger partial charge in [0.1, 0.15) is 6.29 Å². The van der Waals surface area contributed by atoms with Crippen molar-refractivity contribution in [3.63, 3.8) is 0 Å². The summed E-state index contributed by atoms with van der Waals surface area (Å²) >= 11 is 4.13. The van der Waals surface area contributed by atoms with Crippen LogP contribution in [0.1, 0.15) is 28.8 Å². The average molecular weight is 194 g/mol. The van der Waals surface area contributed by atoms with Crippen LogP contribution in [0.2, 0.25) is 0 Å². The van der Waals surface area contributed by atoms with Crippen molar-refractivity contribution in [2.45, 2.75) is 17.7 Å². The molecule has 0 spiro atoms. The van der Waals surface area contributed by atoms with Crippen LogP contribution in [0.4, 0.5) is 0 Å². The number of aldehydes is 2. The maximum absolute atomic E-state index is 10.7. The minimum Gasteiger partial charge on any atom is -0.303 e. The molecule has 0 aromatic heterocycles. The van der Waals surface area contributed by atoms with Crippen molar-refractivity contribution < 1.29 is 9.59 Å². The maximum atomic E-state index is 10.7. The van der Waals surface area contributed by atoms with Crippen LogP contribution in [0.25, 0.3) is 0 Å². The second-order valence-electron chi connectivity index (χ2n) is 2.82. The molecule has 1 unspecified atom stereocenters. The largest absolute Gasteiger partial charge is 0.303 e. The Morgan fingerprint density at radius 3 is 2.62 bits per heavy atom. The Hall–Kier alpha value is -1.09. The zero-order chi connectivity index (χ0) is 9.84. The van der Waals surface area contributed by atoms with Gasteiger partial charge in [0.25, 0.3) is 0 Å². The van der Waals surface area contributed by atoms with Crippen LogP contribution in [0.15, 0.2) is 23.1 Å². The van der Waals surface area contributed by atoms with Crippen LogP contribution in [-0.4, -0.2) is 12.6 Å². The molecule has 0 saturated heterocycles. The minimum absolute atomic E-state index is 0.257. The van der Waals surface area contributed by atoms with Gasteiger partial charge in [-0.1, -0.05) is 19.1 Å². The summed E-state index contributed by atoms with van der Waals surface area (Å²) in [4.78, 5) is 21.9. The van der Waals surface area contributed by atoms with Crippen LogP contribution in [0.3, 0.4) is 0 Å². The summed E-state index contributed by atoms with van der Waals surface area (Å²) in [5, 5.41) is 0. The fraction of sp³-hybridized carbons (Fsp3) is 0.200. The Morgan fingerprint density at radius 2 is 2.08 bits per heavy atom. The Bertz CT molecular complexity index is 334. The first-order valence-corrected chi connectivity index (χ1v) is 4.37. The molecule has 0 bridgehead atoms. The second-order valence-corrected chi connectivity index (χ2v) is 3.30. The lowest BCUT2D eigenvalue weighted by Gasteiger charge is -2.08. The van der Waals surface area contributed by atoms with E-state index in [1.54, 1.807) is 25.1 Å². The van der Waals surface area contributed by atoms with Gasteiger partial charge in [-0.3, -0.25) is 4.79 Å². The van der Waals surface area contributed by atoms with Gasteiger partial charge in [-0.05, 0) is 11.6 Å². The SMILES string of the molecule is CC(C=O)c1cccc(S)c1C=O. The van der Waals surface area contributed by atoms with Crippen LogP contribution in [0.5, 0.6) is 0 Å².